The molecular formula is C26H38N4O2. The van der Waals surface area contributed by atoms with Crippen LogP contribution in [0.3, 0.4) is 0 Å². The molecular weight excluding hydrogens is 400 g/mol. The van der Waals surface area contributed by atoms with E-state index in [1.165, 1.54) is 32.1 Å². The van der Waals surface area contributed by atoms with Crippen molar-refractivity contribution in [2.75, 3.05) is 44.2 Å². The molecule has 2 aliphatic heterocycles. The van der Waals surface area contributed by atoms with Gasteiger partial charge < -0.3 is 15.1 Å². The summed E-state index contributed by atoms with van der Waals surface area (Å²) in [6.45, 7) is 5.44. The molecule has 0 aromatic heterocycles. The molecule has 2 amide bonds. The molecule has 5 rings (SSSR count). The molecule has 6 heteroatoms. The molecule has 174 valence electrons. The molecule has 0 atom stereocenters. The van der Waals surface area contributed by atoms with E-state index in [0.717, 1.165) is 82.2 Å². The van der Waals surface area contributed by atoms with Crippen LogP contribution in [0.2, 0.25) is 0 Å². The van der Waals surface area contributed by atoms with E-state index in [2.05, 4.69) is 26.1 Å². The average molecular weight is 439 g/mol. The number of hydrogen-bond donors (Lipinski definition) is 1. The second kappa shape index (κ2) is 9.82. The number of nitrogens with zero attached hydrogens (tertiary/aromatic N) is 3. The van der Waals surface area contributed by atoms with Gasteiger partial charge in [-0.25, -0.2) is 0 Å². The number of rotatable bonds is 5. The third-order valence-electron chi connectivity index (χ3n) is 8.24. The van der Waals surface area contributed by atoms with Gasteiger partial charge in [-0.2, -0.15) is 0 Å². The summed E-state index contributed by atoms with van der Waals surface area (Å²) in [5.41, 5.74) is 1.89. The van der Waals surface area contributed by atoms with Gasteiger partial charge in [0.25, 0.3) is 5.91 Å². The van der Waals surface area contributed by atoms with Crippen LogP contribution >= 0.6 is 0 Å². The molecule has 0 bridgehead atoms. The monoisotopic (exact) mass is 438 g/mol. The standard InChI is InChI=1S/C26H38N4O2/c31-25(20-6-5-7-20)27-21-12-14-29(15-13-21)24-11-4-3-10-23(24)26(32)30-18-16-28(17-19-30)22-8-1-2-9-22/h3-4,10-11,20-22H,1-2,5-9,12-19H2,(H,27,31). The first-order valence-electron chi connectivity index (χ1n) is 12.9. The van der Waals surface area contributed by atoms with Gasteiger partial charge in [-0.15, -0.1) is 0 Å². The minimum Gasteiger partial charge on any atom is -0.371 e. The summed E-state index contributed by atoms with van der Waals surface area (Å²) < 4.78 is 0. The van der Waals surface area contributed by atoms with Crippen LogP contribution in [0.1, 0.15) is 68.1 Å². The van der Waals surface area contributed by atoms with Gasteiger partial charge in [-0.3, -0.25) is 14.5 Å². The van der Waals surface area contributed by atoms with Crippen molar-refractivity contribution in [3.05, 3.63) is 29.8 Å². The zero-order valence-electron chi connectivity index (χ0n) is 19.3. The molecule has 1 aromatic rings. The summed E-state index contributed by atoms with van der Waals surface area (Å²) in [5.74, 6) is 0.676. The van der Waals surface area contributed by atoms with E-state index >= 15 is 0 Å². The Morgan fingerprint density at radius 3 is 2.12 bits per heavy atom. The third kappa shape index (κ3) is 4.66. The highest BCUT2D eigenvalue weighted by molar-refractivity contribution is 6.00. The van der Waals surface area contributed by atoms with Crippen molar-refractivity contribution in [1.82, 2.24) is 15.1 Å². The van der Waals surface area contributed by atoms with Gasteiger partial charge >= 0.3 is 0 Å². The number of carbonyl (C=O) groups excluding carboxylic acids is 2. The third-order valence-corrected chi connectivity index (χ3v) is 8.24. The van der Waals surface area contributed by atoms with Crippen molar-refractivity contribution >= 4 is 17.5 Å². The van der Waals surface area contributed by atoms with Crippen LogP contribution < -0.4 is 10.2 Å². The van der Waals surface area contributed by atoms with Gasteiger partial charge in [-0.1, -0.05) is 31.4 Å². The topological polar surface area (TPSA) is 55.9 Å². The SMILES string of the molecule is O=C(NC1CCN(c2ccccc2C(=O)N2CCN(C3CCCC3)CC2)CC1)C1CCC1. The zero-order chi connectivity index (χ0) is 21.9. The Morgan fingerprint density at radius 2 is 1.47 bits per heavy atom. The predicted octanol–water partition coefficient (Wildman–Crippen LogP) is 3.27. The van der Waals surface area contributed by atoms with Gasteiger partial charge in [0.2, 0.25) is 5.91 Å². The summed E-state index contributed by atoms with van der Waals surface area (Å²) in [6, 6.07) is 9.11. The maximum atomic E-state index is 13.4. The highest BCUT2D eigenvalue weighted by Gasteiger charge is 2.31. The van der Waals surface area contributed by atoms with Crippen LogP contribution in [0.4, 0.5) is 5.69 Å². The Morgan fingerprint density at radius 1 is 0.781 bits per heavy atom. The minimum atomic E-state index is 0.173. The minimum absolute atomic E-state index is 0.173. The number of anilines is 1. The molecule has 2 aliphatic carbocycles. The Kier molecular flexibility index (Phi) is 6.67. The highest BCUT2D eigenvalue weighted by Crippen LogP contribution is 2.29. The molecule has 4 aliphatic rings. The van der Waals surface area contributed by atoms with E-state index in [0.29, 0.717) is 0 Å². The number of benzene rings is 1. The van der Waals surface area contributed by atoms with E-state index in [4.69, 9.17) is 0 Å². The van der Waals surface area contributed by atoms with E-state index in [-0.39, 0.29) is 23.8 Å². The average Bonchev–Trinajstić information content (AvgIpc) is 3.33. The first-order chi connectivity index (χ1) is 15.7. The van der Waals surface area contributed by atoms with Gasteiger partial charge in [0.1, 0.15) is 0 Å². The number of piperazine rings is 1. The van der Waals surface area contributed by atoms with Crippen molar-refractivity contribution in [3.63, 3.8) is 0 Å². The van der Waals surface area contributed by atoms with E-state index in [1.807, 2.05) is 18.2 Å². The lowest BCUT2D eigenvalue weighted by atomic mass is 9.84. The second-order valence-corrected chi connectivity index (χ2v) is 10.2. The summed E-state index contributed by atoms with van der Waals surface area (Å²) in [4.78, 5) is 32.7. The maximum absolute atomic E-state index is 13.4. The number of hydrogen-bond acceptors (Lipinski definition) is 4. The maximum Gasteiger partial charge on any atom is 0.256 e. The smallest absolute Gasteiger partial charge is 0.256 e. The normalized spacial score (nSPS) is 23.9. The molecule has 4 fully saturated rings. The molecule has 2 saturated carbocycles. The molecule has 0 spiro atoms. The highest BCUT2D eigenvalue weighted by atomic mass is 16.2. The number of para-hydroxylation sites is 1. The second-order valence-electron chi connectivity index (χ2n) is 10.2. The molecule has 0 unspecified atom stereocenters. The Hall–Kier alpha value is -2.08. The van der Waals surface area contributed by atoms with E-state index in [9.17, 15) is 9.59 Å². The first-order valence-corrected chi connectivity index (χ1v) is 12.9. The number of carbonyl (C=O) groups is 2. The largest absolute Gasteiger partial charge is 0.371 e. The zero-order valence-corrected chi connectivity index (χ0v) is 19.3. The lowest BCUT2D eigenvalue weighted by Gasteiger charge is -2.39. The van der Waals surface area contributed by atoms with Gasteiger partial charge in [0.15, 0.2) is 0 Å². The van der Waals surface area contributed by atoms with Crippen LogP contribution in [-0.2, 0) is 4.79 Å². The van der Waals surface area contributed by atoms with Crippen molar-refractivity contribution < 1.29 is 9.59 Å². The fourth-order valence-corrected chi connectivity index (χ4v) is 5.91. The summed E-state index contributed by atoms with van der Waals surface area (Å²) in [6.07, 6.45) is 10.6. The molecule has 1 aromatic carbocycles. The van der Waals surface area contributed by atoms with Crippen molar-refractivity contribution in [3.8, 4) is 0 Å². The number of amides is 2. The van der Waals surface area contributed by atoms with E-state index < -0.39 is 0 Å². The van der Waals surface area contributed by atoms with Crippen molar-refractivity contribution in [2.24, 2.45) is 5.92 Å². The number of nitrogens with one attached hydrogen (secondary N) is 1. The van der Waals surface area contributed by atoms with Crippen molar-refractivity contribution in [2.45, 2.75) is 69.9 Å². The van der Waals surface area contributed by atoms with Gasteiger partial charge in [0, 0.05) is 63.0 Å². The van der Waals surface area contributed by atoms with Crippen molar-refractivity contribution in [1.29, 1.82) is 0 Å². The van der Waals surface area contributed by atoms with Crippen LogP contribution in [-0.4, -0.2) is 73.0 Å². The Balaban J connectivity index is 1.17. The first kappa shape index (κ1) is 21.7. The fourth-order valence-electron chi connectivity index (χ4n) is 5.91. The van der Waals surface area contributed by atoms with Crippen LogP contribution in [0, 0.1) is 5.92 Å². The summed E-state index contributed by atoms with van der Waals surface area (Å²) in [5, 5.41) is 3.26. The predicted molar refractivity (Wildman–Crippen MR) is 127 cm³/mol. The molecule has 32 heavy (non-hydrogen) atoms. The summed E-state index contributed by atoms with van der Waals surface area (Å²) >= 11 is 0. The van der Waals surface area contributed by atoms with Crippen LogP contribution in [0.15, 0.2) is 24.3 Å². The van der Waals surface area contributed by atoms with Crippen LogP contribution in [0.25, 0.3) is 0 Å². The molecule has 2 heterocycles. The fraction of sp³-hybridized carbons (Fsp3) is 0.692. The van der Waals surface area contributed by atoms with Crippen LogP contribution in [0.5, 0.6) is 0 Å². The van der Waals surface area contributed by atoms with Gasteiger partial charge in [-0.05, 0) is 50.7 Å². The molecule has 0 radical (unpaired) electrons. The summed E-state index contributed by atoms with van der Waals surface area (Å²) in [7, 11) is 0. The van der Waals surface area contributed by atoms with E-state index in [1.54, 1.807) is 0 Å². The Bertz CT molecular complexity index is 802. The lowest BCUT2D eigenvalue weighted by Crippen LogP contribution is -2.51. The lowest BCUT2D eigenvalue weighted by molar-refractivity contribution is -0.128. The molecule has 2 saturated heterocycles. The molecule has 1 N–H and O–H groups in total. The van der Waals surface area contributed by atoms with Gasteiger partial charge in [0.05, 0.1) is 5.56 Å². The Labute approximate surface area is 192 Å². The number of piperidine rings is 1. The molecule has 6 nitrogen and oxygen atoms in total. The quantitative estimate of drug-likeness (QED) is 0.767.